The lowest BCUT2D eigenvalue weighted by atomic mass is 10.1. The third kappa shape index (κ3) is 7.04. The van der Waals surface area contributed by atoms with Gasteiger partial charge < -0.3 is 14.8 Å². The molecule has 3 heteroatoms. The molecule has 0 amide bonds. The number of ether oxygens (including phenoxy) is 2. The van der Waals surface area contributed by atoms with E-state index in [-0.39, 0.29) is 6.10 Å². The van der Waals surface area contributed by atoms with Gasteiger partial charge >= 0.3 is 0 Å². The number of benzene rings is 1. The Labute approximate surface area is 123 Å². The first-order valence-electron chi connectivity index (χ1n) is 7.63. The summed E-state index contributed by atoms with van der Waals surface area (Å²) in [5.41, 5.74) is 2.64. The van der Waals surface area contributed by atoms with Gasteiger partial charge in [-0.2, -0.15) is 0 Å². The van der Waals surface area contributed by atoms with E-state index in [9.17, 15) is 0 Å². The van der Waals surface area contributed by atoms with Crippen LogP contribution in [0.1, 0.15) is 38.8 Å². The van der Waals surface area contributed by atoms with Crippen molar-refractivity contribution in [2.45, 2.75) is 52.9 Å². The Morgan fingerprint density at radius 1 is 1.10 bits per heavy atom. The number of hydrogen-bond acceptors (Lipinski definition) is 3. The van der Waals surface area contributed by atoms with Crippen LogP contribution in [0.3, 0.4) is 0 Å². The molecule has 0 aliphatic heterocycles. The summed E-state index contributed by atoms with van der Waals surface area (Å²) in [7, 11) is 0. The van der Waals surface area contributed by atoms with E-state index < -0.39 is 0 Å². The molecule has 1 aromatic carbocycles. The van der Waals surface area contributed by atoms with E-state index in [0.29, 0.717) is 19.3 Å². The van der Waals surface area contributed by atoms with Gasteiger partial charge in [0.1, 0.15) is 0 Å². The molecule has 0 aromatic heterocycles. The quantitative estimate of drug-likeness (QED) is 0.713. The second kappa shape index (κ2) is 9.92. The second-order valence-corrected chi connectivity index (χ2v) is 5.41. The van der Waals surface area contributed by atoms with Gasteiger partial charge in [0.15, 0.2) is 0 Å². The predicted molar refractivity (Wildman–Crippen MR) is 84.0 cm³/mol. The molecule has 1 atom stereocenters. The molecule has 1 rings (SSSR count). The first kappa shape index (κ1) is 17.2. The van der Waals surface area contributed by atoms with Crippen molar-refractivity contribution in [3.05, 3.63) is 35.4 Å². The molecular formula is C17H29NO2. The largest absolute Gasteiger partial charge is 0.379 e. The van der Waals surface area contributed by atoms with Crippen molar-refractivity contribution in [1.82, 2.24) is 5.32 Å². The zero-order chi connectivity index (χ0) is 14.8. The van der Waals surface area contributed by atoms with Gasteiger partial charge in [-0.05, 0) is 37.9 Å². The SMILES string of the molecule is CCOCC(C)OCc1ccccc1CCNC(C)C. The Kier molecular flexibility index (Phi) is 8.51. The lowest BCUT2D eigenvalue weighted by Crippen LogP contribution is -2.25. The Balaban J connectivity index is 2.44. The van der Waals surface area contributed by atoms with Crippen molar-refractivity contribution < 1.29 is 9.47 Å². The fraction of sp³-hybridized carbons (Fsp3) is 0.647. The van der Waals surface area contributed by atoms with Crippen molar-refractivity contribution in [1.29, 1.82) is 0 Å². The van der Waals surface area contributed by atoms with Crippen LogP contribution in [-0.4, -0.2) is 31.9 Å². The van der Waals surface area contributed by atoms with E-state index in [1.54, 1.807) is 0 Å². The van der Waals surface area contributed by atoms with Gasteiger partial charge in [0, 0.05) is 12.6 Å². The molecule has 0 aliphatic rings. The van der Waals surface area contributed by atoms with Crippen LogP contribution in [0.4, 0.5) is 0 Å². The monoisotopic (exact) mass is 279 g/mol. The van der Waals surface area contributed by atoms with E-state index in [1.165, 1.54) is 11.1 Å². The number of rotatable bonds is 10. The minimum Gasteiger partial charge on any atom is -0.379 e. The summed E-state index contributed by atoms with van der Waals surface area (Å²) in [5.74, 6) is 0. The van der Waals surface area contributed by atoms with E-state index >= 15 is 0 Å². The molecule has 1 unspecified atom stereocenters. The van der Waals surface area contributed by atoms with E-state index in [0.717, 1.165) is 19.6 Å². The van der Waals surface area contributed by atoms with Gasteiger partial charge in [-0.15, -0.1) is 0 Å². The zero-order valence-corrected chi connectivity index (χ0v) is 13.3. The van der Waals surface area contributed by atoms with Crippen LogP contribution in [0.5, 0.6) is 0 Å². The van der Waals surface area contributed by atoms with Gasteiger partial charge in [-0.25, -0.2) is 0 Å². The maximum Gasteiger partial charge on any atom is 0.0785 e. The van der Waals surface area contributed by atoms with Crippen LogP contribution in [0.2, 0.25) is 0 Å². The van der Waals surface area contributed by atoms with E-state index in [1.807, 2.05) is 6.92 Å². The number of nitrogens with one attached hydrogen (secondary N) is 1. The average molecular weight is 279 g/mol. The predicted octanol–water partition coefficient (Wildman–Crippen LogP) is 3.17. The molecule has 0 spiro atoms. The Morgan fingerprint density at radius 2 is 1.80 bits per heavy atom. The Morgan fingerprint density at radius 3 is 2.45 bits per heavy atom. The van der Waals surface area contributed by atoms with E-state index in [4.69, 9.17) is 9.47 Å². The van der Waals surface area contributed by atoms with Crippen molar-refractivity contribution in [2.24, 2.45) is 0 Å². The average Bonchev–Trinajstić information content (AvgIpc) is 2.43. The van der Waals surface area contributed by atoms with Crippen molar-refractivity contribution in [3.8, 4) is 0 Å². The van der Waals surface area contributed by atoms with Crippen LogP contribution in [0.25, 0.3) is 0 Å². The summed E-state index contributed by atoms with van der Waals surface area (Å²) in [6.07, 6.45) is 1.18. The van der Waals surface area contributed by atoms with Gasteiger partial charge in [-0.1, -0.05) is 38.1 Å². The zero-order valence-electron chi connectivity index (χ0n) is 13.3. The third-order valence-electron chi connectivity index (χ3n) is 3.15. The standard InChI is InChI=1S/C17H29NO2/c1-5-19-12-15(4)20-13-17-9-7-6-8-16(17)10-11-18-14(2)3/h6-9,14-15,18H,5,10-13H2,1-4H3. The highest BCUT2D eigenvalue weighted by molar-refractivity contribution is 5.26. The van der Waals surface area contributed by atoms with Crippen LogP contribution < -0.4 is 5.32 Å². The highest BCUT2D eigenvalue weighted by Crippen LogP contribution is 2.12. The smallest absolute Gasteiger partial charge is 0.0785 e. The maximum atomic E-state index is 5.85. The lowest BCUT2D eigenvalue weighted by molar-refractivity contribution is -0.0118. The molecule has 1 aromatic rings. The molecule has 0 saturated carbocycles. The second-order valence-electron chi connectivity index (χ2n) is 5.41. The molecule has 0 heterocycles. The van der Waals surface area contributed by atoms with Gasteiger partial charge in [0.2, 0.25) is 0 Å². The van der Waals surface area contributed by atoms with Crippen LogP contribution in [0.15, 0.2) is 24.3 Å². The number of hydrogen-bond donors (Lipinski definition) is 1. The fourth-order valence-corrected chi connectivity index (χ4v) is 2.00. The molecule has 3 nitrogen and oxygen atoms in total. The van der Waals surface area contributed by atoms with E-state index in [2.05, 4.69) is 50.4 Å². The Hall–Kier alpha value is -0.900. The summed E-state index contributed by atoms with van der Waals surface area (Å²) in [4.78, 5) is 0. The molecule has 0 radical (unpaired) electrons. The summed E-state index contributed by atoms with van der Waals surface area (Å²) < 4.78 is 11.2. The lowest BCUT2D eigenvalue weighted by Gasteiger charge is -2.15. The molecule has 1 N–H and O–H groups in total. The van der Waals surface area contributed by atoms with Gasteiger partial charge in [0.05, 0.1) is 19.3 Å². The third-order valence-corrected chi connectivity index (χ3v) is 3.15. The van der Waals surface area contributed by atoms with Crippen molar-refractivity contribution in [3.63, 3.8) is 0 Å². The molecule has 0 saturated heterocycles. The van der Waals surface area contributed by atoms with Gasteiger partial charge in [-0.3, -0.25) is 0 Å². The highest BCUT2D eigenvalue weighted by Gasteiger charge is 2.06. The fourth-order valence-electron chi connectivity index (χ4n) is 2.00. The van der Waals surface area contributed by atoms with Crippen LogP contribution >= 0.6 is 0 Å². The summed E-state index contributed by atoms with van der Waals surface area (Å²) in [5, 5.41) is 3.45. The van der Waals surface area contributed by atoms with Crippen molar-refractivity contribution in [2.75, 3.05) is 19.8 Å². The Bertz CT molecular complexity index is 366. The normalized spacial score (nSPS) is 12.8. The first-order valence-corrected chi connectivity index (χ1v) is 7.63. The highest BCUT2D eigenvalue weighted by atomic mass is 16.5. The van der Waals surface area contributed by atoms with Gasteiger partial charge in [0.25, 0.3) is 0 Å². The van der Waals surface area contributed by atoms with Crippen molar-refractivity contribution >= 4 is 0 Å². The van der Waals surface area contributed by atoms with Crippen LogP contribution in [-0.2, 0) is 22.5 Å². The summed E-state index contributed by atoms with van der Waals surface area (Å²) in [6.45, 7) is 11.5. The molecule has 0 fully saturated rings. The maximum absolute atomic E-state index is 5.85. The topological polar surface area (TPSA) is 30.5 Å². The van der Waals surface area contributed by atoms with Crippen LogP contribution in [0, 0.1) is 0 Å². The molecule has 0 bridgehead atoms. The first-order chi connectivity index (χ1) is 9.63. The minimum atomic E-state index is 0.136. The molecule has 20 heavy (non-hydrogen) atoms. The molecular weight excluding hydrogens is 250 g/mol. The molecule has 0 aliphatic carbocycles. The minimum absolute atomic E-state index is 0.136. The molecule has 114 valence electrons. The summed E-state index contributed by atoms with van der Waals surface area (Å²) in [6, 6.07) is 9.04. The summed E-state index contributed by atoms with van der Waals surface area (Å²) >= 11 is 0.